The van der Waals surface area contributed by atoms with Crippen LogP contribution in [-0.4, -0.2) is 42.6 Å². The Balaban J connectivity index is 1.58. The molecule has 1 aromatic heterocycles. The fraction of sp³-hybridized carbons (Fsp3) is 0.269. The number of benzene rings is 2. The summed E-state index contributed by atoms with van der Waals surface area (Å²) in [5.41, 5.74) is 4.37. The second-order valence-electron chi connectivity index (χ2n) is 7.66. The summed E-state index contributed by atoms with van der Waals surface area (Å²) in [6.07, 6.45) is 0.0484. The van der Waals surface area contributed by atoms with Crippen molar-refractivity contribution in [3.63, 3.8) is 0 Å². The van der Waals surface area contributed by atoms with E-state index in [4.69, 9.17) is 14.2 Å². The molecule has 0 aliphatic heterocycles. The molecule has 0 amide bonds. The minimum absolute atomic E-state index is 0.0484. The fourth-order valence-corrected chi connectivity index (χ4v) is 3.56. The van der Waals surface area contributed by atoms with Crippen molar-refractivity contribution >= 4 is 17.7 Å². The van der Waals surface area contributed by atoms with Crippen molar-refractivity contribution in [3.05, 3.63) is 82.7 Å². The van der Waals surface area contributed by atoms with E-state index in [1.807, 2.05) is 49.6 Å². The molecule has 0 saturated heterocycles. The molecule has 0 spiro atoms. The molecule has 0 aliphatic rings. The van der Waals surface area contributed by atoms with Crippen LogP contribution in [-0.2, 0) is 14.3 Å². The minimum Gasteiger partial charge on any atom is -0.493 e. The molecular formula is C26H27NO6. The van der Waals surface area contributed by atoms with E-state index in [9.17, 15) is 14.4 Å². The molecule has 0 radical (unpaired) electrons. The van der Waals surface area contributed by atoms with E-state index in [0.29, 0.717) is 16.9 Å². The number of methoxy groups -OCH3 is 1. The molecule has 0 N–H and O–H groups in total. The molecule has 7 heteroatoms. The SMILES string of the molecule is COC(=O)c1ccc(-n2c(C)cc(C(=O)COC(=O)CCOc3cccc(C)c3)c2C)cc1. The first kappa shape index (κ1) is 23.8. The summed E-state index contributed by atoms with van der Waals surface area (Å²) in [4.78, 5) is 36.4. The van der Waals surface area contributed by atoms with E-state index in [2.05, 4.69) is 0 Å². The third-order valence-electron chi connectivity index (χ3n) is 5.21. The van der Waals surface area contributed by atoms with Crippen molar-refractivity contribution in [2.24, 2.45) is 0 Å². The van der Waals surface area contributed by atoms with E-state index < -0.39 is 11.9 Å². The largest absolute Gasteiger partial charge is 0.493 e. The highest BCUT2D eigenvalue weighted by atomic mass is 16.5. The lowest BCUT2D eigenvalue weighted by molar-refractivity contribution is -0.143. The lowest BCUT2D eigenvalue weighted by Gasteiger charge is -2.11. The Morgan fingerprint density at radius 1 is 0.939 bits per heavy atom. The average Bonchev–Trinajstić information content (AvgIpc) is 3.11. The van der Waals surface area contributed by atoms with Crippen LogP contribution in [0.5, 0.6) is 5.75 Å². The number of nitrogens with zero attached hydrogens (tertiary/aromatic N) is 1. The topological polar surface area (TPSA) is 83.8 Å². The Hall–Kier alpha value is -3.87. The van der Waals surface area contributed by atoms with E-state index in [1.54, 1.807) is 30.3 Å². The summed E-state index contributed by atoms with van der Waals surface area (Å²) in [7, 11) is 1.33. The van der Waals surface area contributed by atoms with E-state index in [1.165, 1.54) is 7.11 Å². The second-order valence-corrected chi connectivity index (χ2v) is 7.66. The van der Waals surface area contributed by atoms with Crippen LogP contribution in [0.3, 0.4) is 0 Å². The number of carbonyl (C=O) groups is 3. The number of aromatic nitrogens is 1. The maximum atomic E-state index is 12.7. The summed E-state index contributed by atoms with van der Waals surface area (Å²) >= 11 is 0. The van der Waals surface area contributed by atoms with Gasteiger partial charge in [0.2, 0.25) is 5.78 Å². The lowest BCUT2D eigenvalue weighted by atomic mass is 10.1. The zero-order chi connectivity index (χ0) is 24.0. The quantitative estimate of drug-likeness (QED) is 0.356. The molecule has 0 unspecified atom stereocenters. The van der Waals surface area contributed by atoms with Gasteiger partial charge in [0.05, 0.1) is 25.7 Å². The number of ether oxygens (including phenoxy) is 3. The standard InChI is InChI=1S/C26H27NO6/c1-17-6-5-7-22(14-17)32-13-12-25(29)33-16-24(28)23-15-18(2)27(19(23)3)21-10-8-20(9-11-21)26(30)31-4/h5-11,14-15H,12-13,16H2,1-4H3. The third kappa shape index (κ3) is 5.88. The third-order valence-corrected chi connectivity index (χ3v) is 5.21. The zero-order valence-corrected chi connectivity index (χ0v) is 19.2. The molecule has 0 aliphatic carbocycles. The van der Waals surface area contributed by atoms with Crippen molar-refractivity contribution in [2.75, 3.05) is 20.3 Å². The van der Waals surface area contributed by atoms with Crippen LogP contribution in [0.15, 0.2) is 54.6 Å². The predicted octanol–water partition coefficient (Wildman–Crippen LogP) is 4.38. The molecular weight excluding hydrogens is 422 g/mol. The number of hydrogen-bond donors (Lipinski definition) is 0. The van der Waals surface area contributed by atoms with Gasteiger partial charge in [-0.25, -0.2) is 4.79 Å². The Kier molecular flexibility index (Phi) is 7.66. The molecule has 0 bridgehead atoms. The van der Waals surface area contributed by atoms with Crippen molar-refractivity contribution in [1.82, 2.24) is 4.57 Å². The number of Topliss-reactive ketones (excluding diaryl/α,β-unsaturated/α-hetero) is 1. The second kappa shape index (κ2) is 10.6. The van der Waals surface area contributed by atoms with Gasteiger partial charge in [-0.1, -0.05) is 12.1 Å². The fourth-order valence-electron chi connectivity index (χ4n) is 3.56. The van der Waals surface area contributed by atoms with Gasteiger partial charge in [0.15, 0.2) is 6.61 Å². The number of carbonyl (C=O) groups excluding carboxylic acids is 3. The molecule has 3 aromatic rings. The van der Waals surface area contributed by atoms with Crippen LogP contribution in [0, 0.1) is 20.8 Å². The predicted molar refractivity (Wildman–Crippen MR) is 123 cm³/mol. The van der Waals surface area contributed by atoms with E-state index >= 15 is 0 Å². The Morgan fingerprint density at radius 2 is 1.67 bits per heavy atom. The first-order valence-corrected chi connectivity index (χ1v) is 10.6. The zero-order valence-electron chi connectivity index (χ0n) is 19.2. The molecule has 0 fully saturated rings. The maximum Gasteiger partial charge on any atom is 0.337 e. The molecule has 1 heterocycles. The smallest absolute Gasteiger partial charge is 0.337 e. The van der Waals surface area contributed by atoms with Crippen LogP contribution in [0.1, 0.15) is 44.1 Å². The van der Waals surface area contributed by atoms with Crippen LogP contribution in [0.4, 0.5) is 0 Å². The average molecular weight is 450 g/mol. The van der Waals surface area contributed by atoms with Crippen molar-refractivity contribution in [1.29, 1.82) is 0 Å². The van der Waals surface area contributed by atoms with E-state index in [-0.39, 0.29) is 25.4 Å². The molecule has 33 heavy (non-hydrogen) atoms. The van der Waals surface area contributed by atoms with Crippen molar-refractivity contribution < 1.29 is 28.6 Å². The van der Waals surface area contributed by atoms with Crippen LogP contribution < -0.4 is 4.74 Å². The summed E-state index contributed by atoms with van der Waals surface area (Å²) in [5, 5.41) is 0. The van der Waals surface area contributed by atoms with Gasteiger partial charge in [-0.3, -0.25) is 9.59 Å². The molecule has 2 aromatic carbocycles. The highest BCUT2D eigenvalue weighted by Gasteiger charge is 2.18. The van der Waals surface area contributed by atoms with Gasteiger partial charge >= 0.3 is 11.9 Å². The summed E-state index contributed by atoms with van der Waals surface area (Å²) < 4.78 is 17.3. The number of ketones is 1. The van der Waals surface area contributed by atoms with Gasteiger partial charge < -0.3 is 18.8 Å². The van der Waals surface area contributed by atoms with Gasteiger partial charge in [0, 0.05) is 22.6 Å². The summed E-state index contributed by atoms with van der Waals surface area (Å²) in [6.45, 7) is 5.50. The van der Waals surface area contributed by atoms with Gasteiger partial charge in [-0.15, -0.1) is 0 Å². The van der Waals surface area contributed by atoms with Gasteiger partial charge in [0.25, 0.3) is 0 Å². The molecule has 0 saturated carbocycles. The highest BCUT2D eigenvalue weighted by Crippen LogP contribution is 2.22. The molecule has 172 valence electrons. The summed E-state index contributed by atoms with van der Waals surface area (Å²) in [6, 6.07) is 16.2. The van der Waals surface area contributed by atoms with Crippen molar-refractivity contribution in [2.45, 2.75) is 27.2 Å². The van der Waals surface area contributed by atoms with Gasteiger partial charge in [-0.2, -0.15) is 0 Å². The minimum atomic E-state index is -0.497. The Morgan fingerprint density at radius 3 is 2.33 bits per heavy atom. The number of esters is 2. The van der Waals surface area contributed by atoms with E-state index in [0.717, 1.165) is 22.6 Å². The Bertz CT molecular complexity index is 1160. The monoisotopic (exact) mass is 449 g/mol. The molecule has 7 nitrogen and oxygen atoms in total. The highest BCUT2D eigenvalue weighted by molar-refractivity contribution is 5.99. The number of hydrogen-bond acceptors (Lipinski definition) is 6. The summed E-state index contributed by atoms with van der Waals surface area (Å²) in [5.74, 6) is -0.507. The number of aryl methyl sites for hydroxylation is 2. The number of rotatable bonds is 9. The lowest BCUT2D eigenvalue weighted by Crippen LogP contribution is -2.16. The van der Waals surface area contributed by atoms with Crippen LogP contribution in [0.2, 0.25) is 0 Å². The molecule has 0 atom stereocenters. The first-order valence-electron chi connectivity index (χ1n) is 10.6. The maximum absolute atomic E-state index is 12.7. The van der Waals surface area contributed by atoms with Crippen molar-refractivity contribution in [3.8, 4) is 11.4 Å². The van der Waals surface area contributed by atoms with Gasteiger partial charge in [0.1, 0.15) is 5.75 Å². The van der Waals surface area contributed by atoms with Crippen LogP contribution in [0.25, 0.3) is 5.69 Å². The Labute approximate surface area is 192 Å². The first-order chi connectivity index (χ1) is 15.8. The molecule has 3 rings (SSSR count). The van der Waals surface area contributed by atoms with Gasteiger partial charge in [-0.05, 0) is 68.8 Å². The van der Waals surface area contributed by atoms with Crippen LogP contribution >= 0.6 is 0 Å². The normalized spacial score (nSPS) is 10.5.